The second-order valence-electron chi connectivity index (χ2n) is 6.38. The largest absolute Gasteiger partial charge is 0.348 e. The van der Waals surface area contributed by atoms with Gasteiger partial charge in [0.1, 0.15) is 0 Å². The zero-order valence-electron chi connectivity index (χ0n) is 15.1. The van der Waals surface area contributed by atoms with Gasteiger partial charge in [0.05, 0.1) is 12.6 Å². The molecule has 0 aliphatic carbocycles. The Labute approximate surface area is 154 Å². The van der Waals surface area contributed by atoms with Crippen LogP contribution in [0.1, 0.15) is 33.7 Å². The first-order valence-electron chi connectivity index (χ1n) is 8.42. The Kier molecular flexibility index (Phi) is 6.81. The van der Waals surface area contributed by atoms with Gasteiger partial charge in [-0.05, 0) is 51.1 Å². The smallest absolute Gasteiger partial charge is 0.178 e. The number of rotatable bonds is 8. The van der Waals surface area contributed by atoms with Crippen LogP contribution in [-0.4, -0.2) is 35.4 Å². The van der Waals surface area contributed by atoms with Gasteiger partial charge in [0.15, 0.2) is 5.78 Å². The van der Waals surface area contributed by atoms with Crippen molar-refractivity contribution in [3.8, 4) is 6.07 Å². The molecule has 132 valence electrons. The summed E-state index contributed by atoms with van der Waals surface area (Å²) in [5.74, 6) is 0.103. The number of likely N-dealkylation sites (N-methyl/N-ethyl adjacent to an activating group) is 1. The molecule has 1 heterocycles. The molecule has 1 aromatic carbocycles. The number of carbonyl (C=O) groups excluding carboxylic acids is 1. The van der Waals surface area contributed by atoms with Crippen LogP contribution in [0.5, 0.6) is 0 Å². The normalized spacial score (nSPS) is 10.9. The number of aromatic nitrogens is 1. The Hall–Kier alpha value is -2.09. The van der Waals surface area contributed by atoms with Crippen LogP contribution >= 0.6 is 11.6 Å². The third kappa shape index (κ3) is 5.19. The van der Waals surface area contributed by atoms with E-state index >= 15 is 0 Å². The molecule has 0 radical (unpaired) electrons. The monoisotopic (exact) mass is 357 g/mol. The maximum absolute atomic E-state index is 12.6. The first-order valence-corrected chi connectivity index (χ1v) is 8.80. The number of halogens is 1. The van der Waals surface area contributed by atoms with Crippen molar-refractivity contribution in [1.82, 2.24) is 9.47 Å². The van der Waals surface area contributed by atoms with Crippen LogP contribution in [0.15, 0.2) is 30.3 Å². The van der Waals surface area contributed by atoms with E-state index in [9.17, 15) is 4.79 Å². The molecule has 0 aliphatic heterocycles. The van der Waals surface area contributed by atoms with Gasteiger partial charge in [-0.15, -0.1) is 0 Å². The van der Waals surface area contributed by atoms with E-state index in [2.05, 4.69) is 10.6 Å². The van der Waals surface area contributed by atoms with Crippen LogP contribution in [0.4, 0.5) is 0 Å². The number of hydrogen-bond acceptors (Lipinski definition) is 3. The van der Waals surface area contributed by atoms with E-state index < -0.39 is 0 Å². The number of benzene rings is 1. The lowest BCUT2D eigenvalue weighted by molar-refractivity contribution is 0.0946. The molecule has 2 aromatic rings. The van der Waals surface area contributed by atoms with Gasteiger partial charge in [0, 0.05) is 41.5 Å². The van der Waals surface area contributed by atoms with Crippen molar-refractivity contribution in [2.45, 2.75) is 33.2 Å². The predicted molar refractivity (Wildman–Crippen MR) is 101 cm³/mol. The van der Waals surface area contributed by atoms with Crippen molar-refractivity contribution in [2.75, 3.05) is 20.1 Å². The number of Topliss-reactive ketones (excluding diaryl/α,β-unsaturated/α-hetero) is 1. The molecular weight excluding hydrogens is 334 g/mol. The van der Waals surface area contributed by atoms with Gasteiger partial charge in [-0.25, -0.2) is 0 Å². The molecule has 0 saturated heterocycles. The topological polar surface area (TPSA) is 49.0 Å². The maximum Gasteiger partial charge on any atom is 0.178 e. The fourth-order valence-corrected chi connectivity index (χ4v) is 3.10. The minimum atomic E-state index is 0.103. The van der Waals surface area contributed by atoms with Crippen molar-refractivity contribution in [3.63, 3.8) is 0 Å². The van der Waals surface area contributed by atoms with Crippen molar-refractivity contribution >= 4 is 17.4 Å². The SMILES string of the molecule is Cc1cc(C(=O)CN(C)CCC#N)c(C)n1CCc1ccc(Cl)cc1. The lowest BCUT2D eigenvalue weighted by Crippen LogP contribution is -2.27. The van der Waals surface area contributed by atoms with E-state index in [0.717, 1.165) is 34.9 Å². The first kappa shape index (κ1) is 19.2. The van der Waals surface area contributed by atoms with E-state index in [1.165, 1.54) is 5.56 Å². The number of carbonyl (C=O) groups is 1. The first-order chi connectivity index (χ1) is 11.9. The van der Waals surface area contributed by atoms with E-state index in [1.54, 1.807) is 0 Å². The molecular formula is C20H24ClN3O. The Balaban J connectivity index is 2.05. The molecule has 0 spiro atoms. The van der Waals surface area contributed by atoms with Gasteiger partial charge in [-0.3, -0.25) is 9.69 Å². The predicted octanol–water partition coefficient (Wildman–Crippen LogP) is 4.03. The maximum atomic E-state index is 12.6. The molecule has 0 saturated carbocycles. The van der Waals surface area contributed by atoms with Crippen LogP contribution in [0.2, 0.25) is 5.02 Å². The summed E-state index contributed by atoms with van der Waals surface area (Å²) in [5, 5.41) is 9.39. The van der Waals surface area contributed by atoms with E-state index in [1.807, 2.05) is 56.1 Å². The lowest BCUT2D eigenvalue weighted by Gasteiger charge is -2.14. The second kappa shape index (κ2) is 8.84. The van der Waals surface area contributed by atoms with Gasteiger partial charge in [-0.1, -0.05) is 23.7 Å². The summed E-state index contributed by atoms with van der Waals surface area (Å²) in [5.41, 5.74) is 4.10. The van der Waals surface area contributed by atoms with Crippen molar-refractivity contribution in [3.05, 3.63) is 57.9 Å². The number of nitriles is 1. The Morgan fingerprint density at radius 3 is 2.60 bits per heavy atom. The van der Waals surface area contributed by atoms with Gasteiger partial charge in [-0.2, -0.15) is 5.26 Å². The third-order valence-corrected chi connectivity index (χ3v) is 4.68. The fourth-order valence-electron chi connectivity index (χ4n) is 2.97. The molecule has 0 amide bonds. The Morgan fingerprint density at radius 2 is 1.96 bits per heavy atom. The highest BCUT2D eigenvalue weighted by molar-refractivity contribution is 6.30. The highest BCUT2D eigenvalue weighted by Gasteiger charge is 2.17. The molecule has 0 unspecified atom stereocenters. The summed E-state index contributed by atoms with van der Waals surface area (Å²) in [6.45, 7) is 5.81. The fraction of sp³-hybridized carbons (Fsp3) is 0.400. The molecule has 1 aromatic heterocycles. The second-order valence-corrected chi connectivity index (χ2v) is 6.82. The highest BCUT2D eigenvalue weighted by Crippen LogP contribution is 2.18. The summed E-state index contributed by atoms with van der Waals surface area (Å²) in [7, 11) is 1.87. The molecule has 0 bridgehead atoms. The molecule has 0 fully saturated rings. The van der Waals surface area contributed by atoms with Gasteiger partial charge < -0.3 is 4.57 Å². The standard InChI is InChI=1S/C20H24ClN3O/c1-15-13-19(20(25)14-23(3)11-4-10-22)16(2)24(15)12-9-17-5-7-18(21)8-6-17/h5-8,13H,4,9,11-12,14H2,1-3H3. The average Bonchev–Trinajstić information content (AvgIpc) is 2.87. The van der Waals surface area contributed by atoms with Crippen LogP contribution in [-0.2, 0) is 13.0 Å². The number of aryl methyl sites for hydroxylation is 2. The number of ketones is 1. The Morgan fingerprint density at radius 1 is 1.28 bits per heavy atom. The van der Waals surface area contributed by atoms with Crippen LogP contribution in [0.25, 0.3) is 0 Å². The molecule has 25 heavy (non-hydrogen) atoms. The average molecular weight is 358 g/mol. The third-order valence-electron chi connectivity index (χ3n) is 4.43. The van der Waals surface area contributed by atoms with Gasteiger partial charge in [0.2, 0.25) is 0 Å². The summed E-state index contributed by atoms with van der Waals surface area (Å²) < 4.78 is 2.19. The van der Waals surface area contributed by atoms with Crippen LogP contribution in [0, 0.1) is 25.2 Å². The van der Waals surface area contributed by atoms with Crippen molar-refractivity contribution in [1.29, 1.82) is 5.26 Å². The van der Waals surface area contributed by atoms with Crippen molar-refractivity contribution in [2.24, 2.45) is 0 Å². The summed E-state index contributed by atoms with van der Waals surface area (Å²) in [4.78, 5) is 14.5. The zero-order valence-corrected chi connectivity index (χ0v) is 15.8. The summed E-state index contributed by atoms with van der Waals surface area (Å²) in [6, 6.07) is 11.9. The molecule has 2 rings (SSSR count). The van der Waals surface area contributed by atoms with Crippen LogP contribution < -0.4 is 0 Å². The summed E-state index contributed by atoms with van der Waals surface area (Å²) >= 11 is 5.93. The number of nitrogens with zero attached hydrogens (tertiary/aromatic N) is 3. The van der Waals surface area contributed by atoms with E-state index in [4.69, 9.17) is 16.9 Å². The minimum absolute atomic E-state index is 0.103. The summed E-state index contributed by atoms with van der Waals surface area (Å²) in [6.07, 6.45) is 1.33. The quantitative estimate of drug-likeness (QED) is 0.670. The lowest BCUT2D eigenvalue weighted by atomic mass is 10.1. The van der Waals surface area contributed by atoms with E-state index in [-0.39, 0.29) is 5.78 Å². The highest BCUT2D eigenvalue weighted by atomic mass is 35.5. The minimum Gasteiger partial charge on any atom is -0.348 e. The number of hydrogen-bond donors (Lipinski definition) is 0. The molecule has 5 heteroatoms. The van der Waals surface area contributed by atoms with Crippen LogP contribution in [0.3, 0.4) is 0 Å². The molecule has 4 nitrogen and oxygen atoms in total. The van der Waals surface area contributed by atoms with Gasteiger partial charge in [0.25, 0.3) is 0 Å². The Bertz CT molecular complexity index is 771. The van der Waals surface area contributed by atoms with E-state index in [0.29, 0.717) is 19.5 Å². The molecule has 0 N–H and O–H groups in total. The zero-order chi connectivity index (χ0) is 18.4. The van der Waals surface area contributed by atoms with Crippen molar-refractivity contribution < 1.29 is 4.79 Å². The molecule has 0 aliphatic rings. The molecule has 0 atom stereocenters. The van der Waals surface area contributed by atoms with Gasteiger partial charge >= 0.3 is 0 Å².